The minimum absolute atomic E-state index is 0.00688. The first-order valence-electron chi connectivity index (χ1n) is 14.7. The Morgan fingerprint density at radius 2 is 1.83 bits per heavy atom. The van der Waals surface area contributed by atoms with Crippen molar-refractivity contribution in [3.63, 3.8) is 0 Å². The summed E-state index contributed by atoms with van der Waals surface area (Å²) in [7, 11) is 2.92. The van der Waals surface area contributed by atoms with Gasteiger partial charge in [0.1, 0.15) is 18.1 Å². The van der Waals surface area contributed by atoms with Crippen molar-refractivity contribution in [3.05, 3.63) is 144 Å². The van der Waals surface area contributed by atoms with Crippen LogP contribution in [0.5, 0.6) is 11.5 Å². The maximum absolute atomic E-state index is 14.3. The number of allylic oxidation sites excluding steroid dienone is 1. The van der Waals surface area contributed by atoms with E-state index in [9.17, 15) is 19.7 Å². The van der Waals surface area contributed by atoms with Crippen LogP contribution in [0.3, 0.4) is 0 Å². The molecule has 3 heterocycles. The summed E-state index contributed by atoms with van der Waals surface area (Å²) < 4.78 is 19.4. The smallest absolute Gasteiger partial charge is 0.338 e. The molecule has 0 spiro atoms. The highest BCUT2D eigenvalue weighted by Crippen LogP contribution is 2.34. The number of ether oxygens (including phenoxy) is 3. The van der Waals surface area contributed by atoms with Crippen LogP contribution in [0.15, 0.2) is 113 Å². The van der Waals surface area contributed by atoms with E-state index in [1.54, 1.807) is 61.3 Å². The SMILES string of the molecule is C=CCOC(=O)C1=C(C)N=c2s/c(=C\c3cn(-c4ccccc4)nc3-c3ccc(OC)c([N+](=O)[O-])c3)c(=O)n2C1c1ccc(OC)cc1. The summed E-state index contributed by atoms with van der Waals surface area (Å²) in [4.78, 5) is 44.0. The number of benzene rings is 3. The fourth-order valence-corrected chi connectivity index (χ4v) is 6.49. The zero-order chi connectivity index (χ0) is 33.9. The Balaban J connectivity index is 1.56. The molecule has 3 aromatic carbocycles. The molecule has 1 unspecified atom stereocenters. The molecule has 0 amide bonds. The lowest BCUT2D eigenvalue weighted by Gasteiger charge is -2.24. The summed E-state index contributed by atoms with van der Waals surface area (Å²) in [5.41, 5.74) is 2.84. The molecular weight excluding hydrogens is 634 g/mol. The molecule has 2 aromatic heterocycles. The first-order valence-corrected chi connectivity index (χ1v) is 15.5. The molecule has 0 aliphatic carbocycles. The van der Waals surface area contributed by atoms with Crippen molar-refractivity contribution < 1.29 is 23.9 Å². The monoisotopic (exact) mass is 663 g/mol. The molecule has 0 N–H and O–H groups in total. The van der Waals surface area contributed by atoms with Crippen LogP contribution in [0.25, 0.3) is 23.0 Å². The van der Waals surface area contributed by atoms with Crippen molar-refractivity contribution in [2.75, 3.05) is 20.8 Å². The van der Waals surface area contributed by atoms with Gasteiger partial charge in [0.15, 0.2) is 10.6 Å². The van der Waals surface area contributed by atoms with Gasteiger partial charge in [0, 0.05) is 23.4 Å². The van der Waals surface area contributed by atoms with Crippen LogP contribution in [0.2, 0.25) is 0 Å². The van der Waals surface area contributed by atoms with E-state index in [2.05, 4.69) is 11.6 Å². The number of methoxy groups -OCH3 is 2. The number of rotatable bonds is 10. The number of nitrogens with zero attached hydrogens (tertiary/aromatic N) is 5. The summed E-state index contributed by atoms with van der Waals surface area (Å²) in [5.74, 6) is 0.112. The van der Waals surface area contributed by atoms with Crippen molar-refractivity contribution in [2.45, 2.75) is 13.0 Å². The van der Waals surface area contributed by atoms with Gasteiger partial charge in [-0.25, -0.2) is 14.5 Å². The average molecular weight is 664 g/mol. The second kappa shape index (κ2) is 13.3. The molecule has 0 fully saturated rings. The quantitative estimate of drug-likeness (QED) is 0.0904. The molecule has 242 valence electrons. The molecule has 13 heteroatoms. The molecule has 0 saturated heterocycles. The lowest BCUT2D eigenvalue weighted by Crippen LogP contribution is -2.39. The third-order valence-electron chi connectivity index (χ3n) is 7.70. The first kappa shape index (κ1) is 31.9. The summed E-state index contributed by atoms with van der Waals surface area (Å²) in [5, 5.41) is 16.6. The summed E-state index contributed by atoms with van der Waals surface area (Å²) in [6.07, 6.45) is 4.90. The number of fused-ring (bicyclic) bond motifs is 1. The van der Waals surface area contributed by atoms with Crippen LogP contribution >= 0.6 is 11.3 Å². The highest BCUT2D eigenvalue weighted by Gasteiger charge is 2.33. The van der Waals surface area contributed by atoms with E-state index >= 15 is 0 Å². The Hall–Kier alpha value is -6.08. The van der Waals surface area contributed by atoms with Crippen molar-refractivity contribution in [1.29, 1.82) is 0 Å². The zero-order valence-electron chi connectivity index (χ0n) is 26.2. The normalized spacial score (nSPS) is 14.2. The van der Waals surface area contributed by atoms with Gasteiger partial charge < -0.3 is 14.2 Å². The fraction of sp³-hybridized carbons (Fsp3) is 0.143. The fourth-order valence-electron chi connectivity index (χ4n) is 5.45. The Morgan fingerprint density at radius 3 is 2.50 bits per heavy atom. The number of nitro groups is 1. The Morgan fingerprint density at radius 1 is 1.08 bits per heavy atom. The highest BCUT2D eigenvalue weighted by atomic mass is 32.1. The van der Waals surface area contributed by atoms with Gasteiger partial charge in [-0.15, -0.1) is 0 Å². The van der Waals surface area contributed by atoms with Crippen molar-refractivity contribution >= 4 is 29.1 Å². The van der Waals surface area contributed by atoms with Gasteiger partial charge >= 0.3 is 11.7 Å². The zero-order valence-corrected chi connectivity index (χ0v) is 27.0. The van der Waals surface area contributed by atoms with E-state index in [0.717, 1.165) is 17.0 Å². The van der Waals surface area contributed by atoms with Gasteiger partial charge in [-0.05, 0) is 55.0 Å². The van der Waals surface area contributed by atoms with E-state index in [1.165, 1.54) is 29.9 Å². The van der Waals surface area contributed by atoms with Gasteiger partial charge in [-0.3, -0.25) is 19.5 Å². The largest absolute Gasteiger partial charge is 0.497 e. The second-order valence-corrected chi connectivity index (χ2v) is 11.6. The van der Waals surface area contributed by atoms with Crippen LogP contribution in [-0.2, 0) is 9.53 Å². The molecule has 0 bridgehead atoms. The topological polar surface area (TPSA) is 140 Å². The number of hydrogen-bond donors (Lipinski definition) is 0. The molecule has 0 radical (unpaired) electrons. The van der Waals surface area contributed by atoms with E-state index in [-0.39, 0.29) is 29.2 Å². The van der Waals surface area contributed by atoms with E-state index < -0.39 is 16.9 Å². The second-order valence-electron chi connectivity index (χ2n) is 10.6. The minimum Gasteiger partial charge on any atom is -0.497 e. The van der Waals surface area contributed by atoms with E-state index in [1.807, 2.05) is 30.3 Å². The number of nitro benzene ring substituents is 1. The molecule has 48 heavy (non-hydrogen) atoms. The van der Waals surface area contributed by atoms with Gasteiger partial charge in [0.05, 0.1) is 46.7 Å². The molecule has 0 saturated carbocycles. The Bertz CT molecular complexity index is 2270. The van der Waals surface area contributed by atoms with E-state index in [0.29, 0.717) is 43.2 Å². The summed E-state index contributed by atoms with van der Waals surface area (Å²) in [6, 6.07) is 20.2. The third-order valence-corrected chi connectivity index (χ3v) is 8.69. The van der Waals surface area contributed by atoms with Crippen LogP contribution in [0, 0.1) is 10.1 Å². The number of carbonyl (C=O) groups excluding carboxylic acids is 1. The van der Waals surface area contributed by atoms with Crippen molar-refractivity contribution in [2.24, 2.45) is 4.99 Å². The van der Waals surface area contributed by atoms with Crippen LogP contribution in [-0.4, -0.2) is 46.1 Å². The third kappa shape index (κ3) is 5.94. The molecule has 1 aliphatic heterocycles. The number of para-hydroxylation sites is 1. The van der Waals surface area contributed by atoms with Crippen LogP contribution in [0.4, 0.5) is 5.69 Å². The lowest BCUT2D eigenvalue weighted by atomic mass is 9.96. The molecule has 6 rings (SSSR count). The Labute approximate surface area is 277 Å². The predicted molar refractivity (Wildman–Crippen MR) is 180 cm³/mol. The summed E-state index contributed by atoms with van der Waals surface area (Å²) in [6.45, 7) is 5.32. The molecule has 1 atom stereocenters. The standard InChI is InChI=1S/C35H29N5O7S/c1-5-17-47-34(42)30-21(2)36-35-39(32(30)22-11-14-26(45-3)15-12-22)33(41)29(48-35)19-24-20-38(25-9-7-6-8-10-25)37-31(24)23-13-16-28(46-4)27(18-23)40(43)44/h5-16,18-20,32H,1,17H2,2-4H3/b29-19-. The number of thiazole rings is 1. The lowest BCUT2D eigenvalue weighted by molar-refractivity contribution is -0.385. The maximum Gasteiger partial charge on any atom is 0.338 e. The van der Waals surface area contributed by atoms with Crippen molar-refractivity contribution in [3.8, 4) is 28.4 Å². The number of carbonyl (C=O) groups is 1. The first-order chi connectivity index (χ1) is 23.2. The highest BCUT2D eigenvalue weighted by molar-refractivity contribution is 7.07. The number of aromatic nitrogens is 3. The van der Waals surface area contributed by atoms with Gasteiger partial charge in [0.2, 0.25) is 0 Å². The molecular formula is C35H29N5O7S. The minimum atomic E-state index is -0.831. The van der Waals surface area contributed by atoms with Crippen molar-refractivity contribution in [1.82, 2.24) is 14.3 Å². The predicted octanol–water partition coefficient (Wildman–Crippen LogP) is 4.74. The molecule has 12 nitrogen and oxygen atoms in total. The Kier molecular flexibility index (Phi) is 8.86. The van der Waals surface area contributed by atoms with Crippen LogP contribution in [0.1, 0.15) is 24.1 Å². The van der Waals surface area contributed by atoms with E-state index in [4.69, 9.17) is 19.3 Å². The number of hydrogen-bond acceptors (Lipinski definition) is 10. The molecule has 5 aromatic rings. The van der Waals surface area contributed by atoms with Gasteiger partial charge in [-0.2, -0.15) is 5.10 Å². The molecule has 1 aliphatic rings. The maximum atomic E-state index is 14.3. The number of esters is 1. The summed E-state index contributed by atoms with van der Waals surface area (Å²) >= 11 is 1.16. The van der Waals surface area contributed by atoms with Gasteiger partial charge in [-0.1, -0.05) is 54.3 Å². The van der Waals surface area contributed by atoms with Crippen LogP contribution < -0.4 is 24.4 Å². The van der Waals surface area contributed by atoms with Gasteiger partial charge in [0.25, 0.3) is 5.56 Å². The average Bonchev–Trinajstić information content (AvgIpc) is 3.66.